The second kappa shape index (κ2) is 12.7. The molecular weight excluding hydrogens is 490 g/mol. The SMILES string of the molecule is CCCCNC(=O)C(C)N(Cc1cccc(Cl)c1)C(=O)CN(c1cccc(C(C)=O)c1)S(C)(=O)=O. The fourth-order valence-corrected chi connectivity index (χ4v) is 4.50. The number of amides is 2. The van der Waals surface area contributed by atoms with Crippen LogP contribution in [0.3, 0.4) is 0 Å². The molecule has 10 heteroatoms. The molecule has 2 aromatic rings. The Balaban J connectivity index is 2.39. The molecule has 0 saturated carbocycles. The summed E-state index contributed by atoms with van der Waals surface area (Å²) in [4.78, 5) is 39.4. The molecule has 1 N–H and O–H groups in total. The van der Waals surface area contributed by atoms with E-state index in [1.165, 1.54) is 24.0 Å². The number of benzene rings is 2. The number of carbonyl (C=O) groups excluding carboxylic acids is 3. The third kappa shape index (κ3) is 8.36. The quantitative estimate of drug-likeness (QED) is 0.339. The Hall–Kier alpha value is -2.91. The van der Waals surface area contributed by atoms with Gasteiger partial charge in [0.1, 0.15) is 12.6 Å². The van der Waals surface area contributed by atoms with Crippen molar-refractivity contribution < 1.29 is 22.8 Å². The van der Waals surface area contributed by atoms with Gasteiger partial charge >= 0.3 is 0 Å². The van der Waals surface area contributed by atoms with Crippen LogP contribution in [0.1, 0.15) is 49.5 Å². The van der Waals surface area contributed by atoms with Crippen molar-refractivity contribution in [2.75, 3.05) is 23.7 Å². The molecule has 0 aliphatic heterocycles. The van der Waals surface area contributed by atoms with Crippen molar-refractivity contribution in [2.45, 2.75) is 46.2 Å². The third-order valence-electron chi connectivity index (χ3n) is 5.46. The summed E-state index contributed by atoms with van der Waals surface area (Å²) in [7, 11) is -3.88. The van der Waals surface area contributed by atoms with Crippen LogP contribution in [0.4, 0.5) is 5.69 Å². The van der Waals surface area contributed by atoms with Gasteiger partial charge in [-0.1, -0.05) is 49.2 Å². The van der Waals surface area contributed by atoms with Crippen molar-refractivity contribution in [3.8, 4) is 0 Å². The number of hydrogen-bond acceptors (Lipinski definition) is 5. The highest BCUT2D eigenvalue weighted by molar-refractivity contribution is 7.92. The van der Waals surface area contributed by atoms with Crippen LogP contribution in [-0.2, 0) is 26.2 Å². The number of nitrogens with zero attached hydrogens (tertiary/aromatic N) is 2. The first kappa shape index (κ1) is 28.3. The zero-order chi connectivity index (χ0) is 26.2. The van der Waals surface area contributed by atoms with Crippen molar-refractivity contribution in [1.29, 1.82) is 0 Å². The van der Waals surface area contributed by atoms with E-state index in [1.807, 2.05) is 6.92 Å². The maximum absolute atomic E-state index is 13.5. The molecule has 2 amide bonds. The summed E-state index contributed by atoms with van der Waals surface area (Å²) in [6, 6.07) is 12.1. The van der Waals surface area contributed by atoms with Crippen LogP contribution in [0.25, 0.3) is 0 Å². The zero-order valence-electron chi connectivity index (χ0n) is 20.5. The van der Waals surface area contributed by atoms with Crippen molar-refractivity contribution in [3.05, 3.63) is 64.7 Å². The van der Waals surface area contributed by atoms with Crippen LogP contribution in [0, 0.1) is 0 Å². The van der Waals surface area contributed by atoms with Crippen LogP contribution < -0.4 is 9.62 Å². The number of nitrogens with one attached hydrogen (secondary N) is 1. The lowest BCUT2D eigenvalue weighted by Crippen LogP contribution is -2.51. The van der Waals surface area contributed by atoms with E-state index < -0.39 is 28.5 Å². The minimum Gasteiger partial charge on any atom is -0.354 e. The summed E-state index contributed by atoms with van der Waals surface area (Å²) in [5, 5.41) is 3.30. The van der Waals surface area contributed by atoms with Gasteiger partial charge in [0.05, 0.1) is 11.9 Å². The summed E-state index contributed by atoms with van der Waals surface area (Å²) in [5.74, 6) is -1.13. The molecule has 190 valence electrons. The number of anilines is 1. The van der Waals surface area contributed by atoms with Gasteiger partial charge in [-0.3, -0.25) is 18.7 Å². The van der Waals surface area contributed by atoms with Crippen LogP contribution in [0.15, 0.2) is 48.5 Å². The normalized spacial score (nSPS) is 12.0. The molecular formula is C25H32ClN3O5S. The molecule has 0 aliphatic rings. The first-order valence-corrected chi connectivity index (χ1v) is 13.6. The monoisotopic (exact) mass is 521 g/mol. The molecule has 0 bridgehead atoms. The highest BCUT2D eigenvalue weighted by Crippen LogP contribution is 2.21. The van der Waals surface area contributed by atoms with E-state index in [9.17, 15) is 22.8 Å². The van der Waals surface area contributed by atoms with E-state index in [-0.39, 0.29) is 23.9 Å². The number of hydrogen-bond donors (Lipinski definition) is 1. The lowest BCUT2D eigenvalue weighted by Gasteiger charge is -2.31. The molecule has 0 radical (unpaired) electrons. The highest BCUT2D eigenvalue weighted by atomic mass is 35.5. The predicted molar refractivity (Wildman–Crippen MR) is 138 cm³/mol. The van der Waals surface area contributed by atoms with Gasteiger partial charge in [0.15, 0.2) is 5.78 Å². The molecule has 0 saturated heterocycles. The summed E-state index contributed by atoms with van der Waals surface area (Å²) < 4.78 is 26.2. The maximum Gasteiger partial charge on any atom is 0.244 e. The standard InChI is InChI=1S/C25H32ClN3O5S/c1-5-6-13-27-25(32)18(2)28(16-20-9-7-11-22(26)14-20)24(31)17-29(35(4,33)34)23-12-8-10-21(15-23)19(3)30/h7-12,14-15,18H,5-6,13,16-17H2,1-4H3,(H,27,32). The molecule has 2 aromatic carbocycles. The van der Waals surface area contributed by atoms with Crippen LogP contribution >= 0.6 is 11.6 Å². The lowest BCUT2D eigenvalue weighted by molar-refractivity contribution is -0.139. The molecule has 2 rings (SSSR count). The predicted octanol–water partition coefficient (Wildman–Crippen LogP) is 3.64. The molecule has 1 atom stereocenters. The van der Waals surface area contributed by atoms with Crippen molar-refractivity contribution >= 4 is 44.9 Å². The minimum absolute atomic E-state index is 0.0623. The van der Waals surface area contributed by atoms with E-state index in [0.29, 0.717) is 22.7 Å². The lowest BCUT2D eigenvalue weighted by atomic mass is 10.1. The Bertz CT molecular complexity index is 1170. The number of rotatable bonds is 12. The average molecular weight is 522 g/mol. The molecule has 8 nitrogen and oxygen atoms in total. The molecule has 1 unspecified atom stereocenters. The molecule has 0 spiro atoms. The number of unbranched alkanes of at least 4 members (excludes halogenated alkanes) is 1. The van der Waals surface area contributed by atoms with E-state index in [0.717, 1.165) is 23.4 Å². The Labute approximate surface area is 212 Å². The average Bonchev–Trinajstić information content (AvgIpc) is 2.79. The van der Waals surface area contributed by atoms with Crippen molar-refractivity contribution in [1.82, 2.24) is 10.2 Å². The second-order valence-electron chi connectivity index (χ2n) is 8.35. The summed E-state index contributed by atoms with van der Waals surface area (Å²) in [6.07, 6.45) is 2.69. The Kier molecular flexibility index (Phi) is 10.3. The fourth-order valence-electron chi connectivity index (χ4n) is 3.44. The van der Waals surface area contributed by atoms with Gasteiger partial charge in [0.2, 0.25) is 21.8 Å². The Morgan fingerprint density at radius 1 is 1.09 bits per heavy atom. The van der Waals surface area contributed by atoms with E-state index >= 15 is 0 Å². The molecule has 0 heterocycles. The van der Waals surface area contributed by atoms with Gasteiger partial charge in [-0.2, -0.15) is 0 Å². The molecule has 0 fully saturated rings. The molecule has 0 aromatic heterocycles. The smallest absolute Gasteiger partial charge is 0.244 e. The fraction of sp³-hybridized carbons (Fsp3) is 0.400. The Morgan fingerprint density at radius 2 is 1.77 bits per heavy atom. The van der Waals surface area contributed by atoms with Crippen LogP contribution in [-0.4, -0.2) is 56.3 Å². The highest BCUT2D eigenvalue weighted by Gasteiger charge is 2.30. The van der Waals surface area contributed by atoms with Crippen molar-refractivity contribution in [3.63, 3.8) is 0 Å². The summed E-state index contributed by atoms with van der Waals surface area (Å²) in [6.45, 7) is 4.99. The first-order valence-electron chi connectivity index (χ1n) is 11.3. The number of halogens is 1. The Morgan fingerprint density at radius 3 is 2.37 bits per heavy atom. The van der Waals surface area contributed by atoms with Crippen molar-refractivity contribution in [2.24, 2.45) is 0 Å². The van der Waals surface area contributed by atoms with Crippen LogP contribution in [0.2, 0.25) is 5.02 Å². The maximum atomic E-state index is 13.5. The van der Waals surface area contributed by atoms with E-state index in [2.05, 4.69) is 5.32 Å². The molecule has 0 aliphatic carbocycles. The number of Topliss-reactive ketones (excluding diaryl/α,β-unsaturated/α-hetero) is 1. The molecule has 35 heavy (non-hydrogen) atoms. The minimum atomic E-state index is -3.88. The number of sulfonamides is 1. The van der Waals surface area contributed by atoms with Gasteiger partial charge < -0.3 is 10.2 Å². The van der Waals surface area contributed by atoms with Gasteiger partial charge in [0.25, 0.3) is 0 Å². The zero-order valence-corrected chi connectivity index (χ0v) is 22.0. The van der Waals surface area contributed by atoms with E-state index in [1.54, 1.807) is 43.3 Å². The summed E-state index contributed by atoms with van der Waals surface area (Å²) in [5.41, 5.74) is 1.21. The third-order valence-corrected chi connectivity index (χ3v) is 6.83. The van der Waals surface area contributed by atoms with E-state index in [4.69, 9.17) is 11.6 Å². The topological polar surface area (TPSA) is 104 Å². The van der Waals surface area contributed by atoms with Gasteiger partial charge in [0, 0.05) is 23.7 Å². The number of carbonyl (C=O) groups is 3. The van der Waals surface area contributed by atoms with Gasteiger partial charge in [-0.15, -0.1) is 0 Å². The van der Waals surface area contributed by atoms with Crippen LogP contribution in [0.5, 0.6) is 0 Å². The summed E-state index contributed by atoms with van der Waals surface area (Å²) >= 11 is 6.10. The second-order valence-corrected chi connectivity index (χ2v) is 10.7. The largest absolute Gasteiger partial charge is 0.354 e. The van der Waals surface area contributed by atoms with Gasteiger partial charge in [-0.25, -0.2) is 8.42 Å². The van der Waals surface area contributed by atoms with Gasteiger partial charge in [-0.05, 0) is 50.1 Å². The number of ketones is 1. The first-order chi connectivity index (χ1) is 16.4.